The van der Waals surface area contributed by atoms with E-state index in [0.717, 1.165) is 16.7 Å². The van der Waals surface area contributed by atoms with Crippen LogP contribution in [0.4, 0.5) is 0 Å². The Bertz CT molecular complexity index is 685. The van der Waals surface area contributed by atoms with Crippen molar-refractivity contribution in [2.45, 2.75) is 11.8 Å². The molecule has 3 aromatic rings. The van der Waals surface area contributed by atoms with E-state index in [0.29, 0.717) is 6.42 Å². The van der Waals surface area contributed by atoms with E-state index in [1.54, 1.807) is 7.05 Å². The normalized spacial score (nSPS) is 11.0. The highest BCUT2D eigenvalue weighted by atomic mass is 16.1. The van der Waals surface area contributed by atoms with E-state index in [9.17, 15) is 4.79 Å². The third-order valence-corrected chi connectivity index (χ3v) is 4.50. The Morgan fingerprint density at radius 3 is 1.33 bits per heavy atom. The highest BCUT2D eigenvalue weighted by Gasteiger charge is 2.38. The van der Waals surface area contributed by atoms with Crippen LogP contribution >= 0.6 is 0 Å². The maximum absolute atomic E-state index is 12.4. The number of hydrogen-bond acceptors (Lipinski definition) is 1. The van der Waals surface area contributed by atoms with Crippen LogP contribution in [0.3, 0.4) is 0 Å². The summed E-state index contributed by atoms with van der Waals surface area (Å²) in [6.07, 6.45) is 0.363. The minimum absolute atomic E-state index is 0.0200. The number of rotatable bonds is 5. The van der Waals surface area contributed by atoms with Gasteiger partial charge < -0.3 is 5.32 Å². The van der Waals surface area contributed by atoms with Gasteiger partial charge in [0.15, 0.2) is 0 Å². The Morgan fingerprint density at radius 2 is 1.04 bits per heavy atom. The predicted molar refractivity (Wildman–Crippen MR) is 97.9 cm³/mol. The van der Waals surface area contributed by atoms with Gasteiger partial charge in [-0.15, -0.1) is 0 Å². The van der Waals surface area contributed by atoms with Crippen LogP contribution in [-0.4, -0.2) is 13.0 Å². The number of amides is 1. The Morgan fingerprint density at radius 1 is 0.708 bits per heavy atom. The van der Waals surface area contributed by atoms with Crippen LogP contribution in [0.2, 0.25) is 0 Å². The first kappa shape index (κ1) is 16.0. The summed E-state index contributed by atoms with van der Waals surface area (Å²) < 4.78 is 0. The first-order valence-corrected chi connectivity index (χ1v) is 8.14. The zero-order valence-corrected chi connectivity index (χ0v) is 13.8. The Hall–Kier alpha value is -2.87. The van der Waals surface area contributed by atoms with E-state index in [1.165, 1.54) is 0 Å². The summed E-state index contributed by atoms with van der Waals surface area (Å²) in [5.41, 5.74) is 2.84. The van der Waals surface area contributed by atoms with Crippen molar-refractivity contribution in [1.29, 1.82) is 0 Å². The van der Waals surface area contributed by atoms with Crippen molar-refractivity contribution < 1.29 is 4.79 Å². The smallest absolute Gasteiger partial charge is 0.221 e. The van der Waals surface area contributed by atoms with Crippen molar-refractivity contribution in [3.8, 4) is 0 Å². The summed E-state index contributed by atoms with van der Waals surface area (Å²) in [7, 11) is 1.69. The lowest BCUT2D eigenvalue weighted by Gasteiger charge is -2.35. The van der Waals surface area contributed by atoms with Gasteiger partial charge in [-0.3, -0.25) is 4.79 Å². The maximum atomic E-state index is 12.4. The summed E-state index contributed by atoms with van der Waals surface area (Å²) in [4.78, 5) is 12.4. The first-order valence-electron chi connectivity index (χ1n) is 8.14. The van der Waals surface area contributed by atoms with Gasteiger partial charge in [-0.2, -0.15) is 0 Å². The lowest BCUT2D eigenvalue weighted by Crippen LogP contribution is -2.35. The molecule has 2 nitrogen and oxygen atoms in total. The van der Waals surface area contributed by atoms with Crippen molar-refractivity contribution in [2.24, 2.45) is 0 Å². The Balaban J connectivity index is 2.30. The molecule has 120 valence electrons. The van der Waals surface area contributed by atoms with E-state index in [2.05, 4.69) is 41.7 Å². The van der Waals surface area contributed by atoms with E-state index in [-0.39, 0.29) is 5.91 Å². The molecular weight excluding hydrogens is 294 g/mol. The van der Waals surface area contributed by atoms with E-state index in [4.69, 9.17) is 0 Å². The summed E-state index contributed by atoms with van der Waals surface area (Å²) in [6, 6.07) is 30.8. The number of hydrogen-bond donors (Lipinski definition) is 1. The van der Waals surface area contributed by atoms with E-state index < -0.39 is 5.41 Å². The zero-order valence-electron chi connectivity index (χ0n) is 13.8. The highest BCUT2D eigenvalue weighted by Crippen LogP contribution is 2.42. The number of benzene rings is 3. The second-order valence-electron chi connectivity index (χ2n) is 5.85. The molecule has 3 aromatic carbocycles. The van der Waals surface area contributed by atoms with Crippen molar-refractivity contribution in [3.63, 3.8) is 0 Å². The van der Waals surface area contributed by atoms with Gasteiger partial charge in [0, 0.05) is 13.5 Å². The molecule has 0 bridgehead atoms. The monoisotopic (exact) mass is 315 g/mol. The number of nitrogens with one attached hydrogen (secondary N) is 1. The minimum Gasteiger partial charge on any atom is -0.359 e. The van der Waals surface area contributed by atoms with Crippen molar-refractivity contribution in [3.05, 3.63) is 108 Å². The zero-order chi connectivity index (χ0) is 16.8. The van der Waals surface area contributed by atoms with Gasteiger partial charge in [-0.25, -0.2) is 0 Å². The molecule has 0 atom stereocenters. The fourth-order valence-electron chi connectivity index (χ4n) is 3.30. The third kappa shape index (κ3) is 2.95. The Kier molecular flexibility index (Phi) is 4.76. The van der Waals surface area contributed by atoms with Gasteiger partial charge >= 0.3 is 0 Å². The fraction of sp³-hybridized carbons (Fsp3) is 0.136. The molecule has 2 heteroatoms. The molecule has 1 amide bonds. The SMILES string of the molecule is CNC(=O)CC(c1ccccc1)(c1ccccc1)c1ccccc1. The molecule has 0 unspecified atom stereocenters. The second-order valence-corrected chi connectivity index (χ2v) is 5.85. The molecule has 3 rings (SSSR count). The first-order chi connectivity index (χ1) is 11.8. The predicted octanol–water partition coefficient (Wildman–Crippen LogP) is 4.16. The van der Waals surface area contributed by atoms with Crippen molar-refractivity contribution in [1.82, 2.24) is 5.32 Å². The number of carbonyl (C=O) groups excluding carboxylic acids is 1. The van der Waals surface area contributed by atoms with E-state index >= 15 is 0 Å². The van der Waals surface area contributed by atoms with Gasteiger partial charge in [-0.05, 0) is 16.7 Å². The molecule has 1 N–H and O–H groups in total. The van der Waals surface area contributed by atoms with Crippen LogP contribution in [0.1, 0.15) is 23.1 Å². The molecule has 0 fully saturated rings. The van der Waals surface area contributed by atoms with E-state index in [1.807, 2.05) is 54.6 Å². The van der Waals surface area contributed by atoms with Crippen LogP contribution in [0.5, 0.6) is 0 Å². The molecule has 0 aromatic heterocycles. The van der Waals surface area contributed by atoms with Gasteiger partial charge in [0.05, 0.1) is 5.41 Å². The Labute approximate surface area is 143 Å². The summed E-state index contributed by atoms with van der Waals surface area (Å²) >= 11 is 0. The maximum Gasteiger partial charge on any atom is 0.221 e. The third-order valence-electron chi connectivity index (χ3n) is 4.50. The molecule has 0 heterocycles. The summed E-state index contributed by atoms with van der Waals surface area (Å²) in [5, 5.41) is 2.79. The highest BCUT2D eigenvalue weighted by molar-refractivity contribution is 5.79. The van der Waals surface area contributed by atoms with Crippen molar-refractivity contribution in [2.75, 3.05) is 7.05 Å². The molecule has 0 radical (unpaired) electrons. The molecule has 0 aliphatic rings. The molecule has 0 saturated carbocycles. The average molecular weight is 315 g/mol. The molecular formula is C22H21NO. The summed E-state index contributed by atoms with van der Waals surface area (Å²) in [5.74, 6) is 0.0200. The quantitative estimate of drug-likeness (QED) is 0.704. The van der Waals surface area contributed by atoms with Gasteiger partial charge in [-0.1, -0.05) is 91.0 Å². The average Bonchev–Trinajstić information content (AvgIpc) is 2.68. The topological polar surface area (TPSA) is 29.1 Å². The van der Waals surface area contributed by atoms with Gasteiger partial charge in [0.25, 0.3) is 0 Å². The minimum atomic E-state index is -0.510. The van der Waals surface area contributed by atoms with Gasteiger partial charge in [0.2, 0.25) is 5.91 Å². The summed E-state index contributed by atoms with van der Waals surface area (Å²) in [6.45, 7) is 0. The second kappa shape index (κ2) is 7.14. The van der Waals surface area contributed by atoms with Crippen LogP contribution in [-0.2, 0) is 10.2 Å². The number of carbonyl (C=O) groups is 1. The molecule has 0 aliphatic heterocycles. The molecule has 24 heavy (non-hydrogen) atoms. The van der Waals surface area contributed by atoms with Crippen LogP contribution in [0.25, 0.3) is 0 Å². The van der Waals surface area contributed by atoms with Gasteiger partial charge in [0.1, 0.15) is 0 Å². The van der Waals surface area contributed by atoms with Crippen LogP contribution < -0.4 is 5.32 Å². The fourth-order valence-corrected chi connectivity index (χ4v) is 3.30. The standard InChI is InChI=1S/C22H21NO/c1-23-21(24)17-22(18-11-5-2-6-12-18,19-13-7-3-8-14-19)20-15-9-4-10-16-20/h2-16H,17H2,1H3,(H,23,24). The largest absolute Gasteiger partial charge is 0.359 e. The van der Waals surface area contributed by atoms with Crippen LogP contribution in [0, 0.1) is 0 Å². The lowest BCUT2D eigenvalue weighted by atomic mass is 9.67. The molecule has 0 aliphatic carbocycles. The molecule has 0 spiro atoms. The lowest BCUT2D eigenvalue weighted by molar-refractivity contribution is -0.121. The van der Waals surface area contributed by atoms with Crippen molar-refractivity contribution >= 4 is 5.91 Å². The van der Waals surface area contributed by atoms with Crippen LogP contribution in [0.15, 0.2) is 91.0 Å². The molecule has 0 saturated heterocycles.